The smallest absolute Gasteiger partial charge is 0.308 e. The molecule has 1 atom stereocenters. The average Bonchev–Trinajstić information content (AvgIpc) is 2.41. The number of halogens is 5. The summed E-state index contributed by atoms with van der Waals surface area (Å²) in [6.07, 6.45) is 0.773. The first-order valence-electron chi connectivity index (χ1n) is 5.48. The number of hydrogen-bond donors (Lipinski definition) is 0. The van der Waals surface area contributed by atoms with Crippen molar-refractivity contribution >= 4 is 85.6 Å². The molecule has 0 heterocycles. The van der Waals surface area contributed by atoms with Gasteiger partial charge in [0.15, 0.2) is 0 Å². The van der Waals surface area contributed by atoms with E-state index in [1.54, 1.807) is 0 Å². The summed E-state index contributed by atoms with van der Waals surface area (Å²) in [6, 6.07) is 0. The second kappa shape index (κ2) is 7.92. The molecule has 0 bridgehead atoms. The van der Waals surface area contributed by atoms with Gasteiger partial charge in [-0.15, -0.1) is 0 Å². The third kappa shape index (κ3) is 4.28. The second-order valence-electron chi connectivity index (χ2n) is 3.97. The standard InChI is InChI=1S/C12H11Br5O2/c1-3-5(2)12(18)19-4-6-7(13)9(15)11(17)10(16)8(6)14/h5H,3-4H2,1-2H3. The van der Waals surface area contributed by atoms with Gasteiger partial charge in [0.05, 0.1) is 5.92 Å². The van der Waals surface area contributed by atoms with E-state index in [1.807, 2.05) is 13.8 Å². The Balaban J connectivity index is 3.00. The molecule has 0 fully saturated rings. The third-order valence-electron chi connectivity index (χ3n) is 2.67. The molecular weight excluding hydrogens is 576 g/mol. The number of rotatable bonds is 4. The maximum atomic E-state index is 11.7. The largest absolute Gasteiger partial charge is 0.461 e. The molecule has 106 valence electrons. The maximum Gasteiger partial charge on any atom is 0.308 e. The lowest BCUT2D eigenvalue weighted by molar-refractivity contribution is -0.149. The number of benzene rings is 1. The van der Waals surface area contributed by atoms with Crippen LogP contribution in [0.25, 0.3) is 0 Å². The van der Waals surface area contributed by atoms with Crippen LogP contribution in [0.5, 0.6) is 0 Å². The summed E-state index contributed by atoms with van der Waals surface area (Å²) < 4.78 is 9.68. The molecule has 19 heavy (non-hydrogen) atoms. The highest BCUT2D eigenvalue weighted by Gasteiger charge is 2.19. The van der Waals surface area contributed by atoms with Gasteiger partial charge in [0.25, 0.3) is 0 Å². The van der Waals surface area contributed by atoms with Crippen molar-refractivity contribution in [2.24, 2.45) is 5.92 Å². The number of carbonyl (C=O) groups excluding carboxylic acids is 1. The van der Waals surface area contributed by atoms with E-state index in [4.69, 9.17) is 4.74 Å². The molecule has 1 unspecified atom stereocenters. The Labute approximate surface area is 154 Å². The minimum atomic E-state index is -0.184. The van der Waals surface area contributed by atoms with Crippen LogP contribution in [0.1, 0.15) is 25.8 Å². The van der Waals surface area contributed by atoms with E-state index < -0.39 is 0 Å². The fraction of sp³-hybridized carbons (Fsp3) is 0.417. The molecule has 7 heteroatoms. The van der Waals surface area contributed by atoms with Crippen molar-refractivity contribution < 1.29 is 9.53 Å². The van der Waals surface area contributed by atoms with Gasteiger partial charge < -0.3 is 4.74 Å². The molecule has 0 aromatic heterocycles. The Morgan fingerprint density at radius 1 is 1.00 bits per heavy atom. The number of esters is 1. The van der Waals surface area contributed by atoms with Crippen molar-refractivity contribution in [2.75, 3.05) is 0 Å². The topological polar surface area (TPSA) is 26.3 Å². The zero-order valence-corrected chi connectivity index (χ0v) is 18.1. The summed E-state index contributed by atoms with van der Waals surface area (Å²) in [4.78, 5) is 11.7. The Bertz CT molecular complexity index is 472. The van der Waals surface area contributed by atoms with E-state index in [9.17, 15) is 4.79 Å². The van der Waals surface area contributed by atoms with Crippen LogP contribution in [0.4, 0.5) is 0 Å². The Morgan fingerprint density at radius 3 is 1.84 bits per heavy atom. The van der Waals surface area contributed by atoms with Gasteiger partial charge in [-0.1, -0.05) is 13.8 Å². The molecule has 0 saturated carbocycles. The Kier molecular flexibility index (Phi) is 7.56. The predicted octanol–water partition coefficient (Wildman–Crippen LogP) is 6.59. The molecule has 0 aliphatic carbocycles. The highest BCUT2D eigenvalue weighted by molar-refractivity contribution is 9.15. The van der Waals surface area contributed by atoms with Crippen LogP contribution in [0.3, 0.4) is 0 Å². The van der Waals surface area contributed by atoms with Gasteiger partial charge in [0.1, 0.15) is 6.61 Å². The normalized spacial score (nSPS) is 12.4. The summed E-state index contributed by atoms with van der Waals surface area (Å²) in [5.74, 6) is -0.267. The molecule has 0 N–H and O–H groups in total. The lowest BCUT2D eigenvalue weighted by Gasteiger charge is -2.15. The molecule has 0 spiro atoms. The van der Waals surface area contributed by atoms with Gasteiger partial charge in [-0.05, 0) is 86.1 Å². The Morgan fingerprint density at radius 2 is 1.42 bits per heavy atom. The van der Waals surface area contributed by atoms with Crippen molar-refractivity contribution in [3.8, 4) is 0 Å². The summed E-state index contributed by atoms with van der Waals surface area (Å²) in [6.45, 7) is 4.04. The molecule has 0 amide bonds. The van der Waals surface area contributed by atoms with Gasteiger partial charge in [-0.2, -0.15) is 0 Å². The highest BCUT2D eigenvalue weighted by atomic mass is 79.9. The van der Waals surface area contributed by atoms with Gasteiger partial charge in [0.2, 0.25) is 0 Å². The minimum Gasteiger partial charge on any atom is -0.461 e. The van der Waals surface area contributed by atoms with Gasteiger partial charge in [-0.25, -0.2) is 0 Å². The number of carbonyl (C=O) groups is 1. The minimum absolute atomic E-state index is 0.0834. The van der Waals surface area contributed by atoms with E-state index >= 15 is 0 Å². The number of ether oxygens (including phenoxy) is 1. The fourth-order valence-corrected chi connectivity index (χ4v) is 4.59. The van der Waals surface area contributed by atoms with Crippen LogP contribution in [-0.2, 0) is 16.1 Å². The number of hydrogen-bond acceptors (Lipinski definition) is 2. The molecule has 0 saturated heterocycles. The van der Waals surface area contributed by atoms with Crippen molar-refractivity contribution in [1.82, 2.24) is 0 Å². The summed E-state index contributed by atoms with van der Waals surface area (Å²) >= 11 is 17.4. The molecule has 0 aliphatic heterocycles. The van der Waals surface area contributed by atoms with Crippen molar-refractivity contribution in [1.29, 1.82) is 0 Å². The van der Waals surface area contributed by atoms with E-state index in [0.717, 1.165) is 34.3 Å². The van der Waals surface area contributed by atoms with Crippen LogP contribution >= 0.6 is 79.6 Å². The molecule has 0 aliphatic rings. The zero-order valence-electron chi connectivity index (χ0n) is 10.2. The van der Waals surface area contributed by atoms with Crippen molar-refractivity contribution in [3.05, 3.63) is 27.9 Å². The van der Waals surface area contributed by atoms with E-state index in [1.165, 1.54) is 0 Å². The molecule has 1 rings (SSSR count). The van der Waals surface area contributed by atoms with Crippen molar-refractivity contribution in [2.45, 2.75) is 26.9 Å². The van der Waals surface area contributed by atoms with Crippen LogP contribution in [0.2, 0.25) is 0 Å². The first-order chi connectivity index (χ1) is 8.81. The van der Waals surface area contributed by atoms with E-state index in [0.29, 0.717) is 0 Å². The monoisotopic (exact) mass is 582 g/mol. The first kappa shape index (κ1) is 18.1. The molecule has 1 aromatic carbocycles. The van der Waals surface area contributed by atoms with Crippen LogP contribution in [0, 0.1) is 5.92 Å². The van der Waals surface area contributed by atoms with E-state index in [2.05, 4.69) is 79.6 Å². The lowest BCUT2D eigenvalue weighted by Crippen LogP contribution is -2.14. The zero-order chi connectivity index (χ0) is 14.7. The molecular formula is C12H11Br5O2. The summed E-state index contributed by atoms with van der Waals surface area (Å²) in [5, 5.41) is 0. The maximum absolute atomic E-state index is 11.7. The van der Waals surface area contributed by atoms with Crippen molar-refractivity contribution in [3.63, 3.8) is 0 Å². The molecule has 2 nitrogen and oxygen atoms in total. The fourth-order valence-electron chi connectivity index (χ4n) is 1.23. The van der Waals surface area contributed by atoms with E-state index in [-0.39, 0.29) is 18.5 Å². The van der Waals surface area contributed by atoms with Crippen LogP contribution < -0.4 is 0 Å². The summed E-state index contributed by atoms with van der Waals surface area (Å²) in [7, 11) is 0. The first-order valence-corrected chi connectivity index (χ1v) is 9.44. The van der Waals surface area contributed by atoms with Crippen LogP contribution in [-0.4, -0.2) is 5.97 Å². The highest BCUT2D eigenvalue weighted by Crippen LogP contribution is 2.44. The van der Waals surface area contributed by atoms with Gasteiger partial charge in [-0.3, -0.25) is 4.79 Å². The van der Waals surface area contributed by atoms with Crippen LogP contribution in [0.15, 0.2) is 22.4 Å². The average molecular weight is 587 g/mol. The Hall–Kier alpha value is 1.09. The lowest BCUT2D eigenvalue weighted by atomic mass is 10.1. The quantitative estimate of drug-likeness (QED) is 0.226. The summed E-state index contributed by atoms with van der Waals surface area (Å²) in [5.41, 5.74) is 0.874. The van der Waals surface area contributed by atoms with Gasteiger partial charge in [0, 0.05) is 27.9 Å². The molecule has 0 radical (unpaired) electrons. The SMILES string of the molecule is CCC(C)C(=O)OCc1c(Br)c(Br)c(Br)c(Br)c1Br. The third-order valence-corrected chi connectivity index (χ3v) is 8.93. The molecule has 1 aromatic rings. The second-order valence-corrected chi connectivity index (χ2v) is 7.93. The van der Waals surface area contributed by atoms with Gasteiger partial charge >= 0.3 is 5.97 Å². The predicted molar refractivity (Wildman–Crippen MR) is 94.2 cm³/mol.